The van der Waals surface area contributed by atoms with Crippen LogP contribution in [0, 0.1) is 10.1 Å². The van der Waals surface area contributed by atoms with Crippen molar-refractivity contribution in [3.63, 3.8) is 0 Å². The molecule has 0 amide bonds. The van der Waals surface area contributed by atoms with Crippen molar-refractivity contribution in [3.05, 3.63) is 28.3 Å². The molecule has 9 heteroatoms. The van der Waals surface area contributed by atoms with Gasteiger partial charge >= 0.3 is 0 Å². The second-order valence-electron chi connectivity index (χ2n) is 5.02. The van der Waals surface area contributed by atoms with Gasteiger partial charge in [-0.05, 0) is 31.5 Å². The van der Waals surface area contributed by atoms with E-state index in [2.05, 4.69) is 10.6 Å². The van der Waals surface area contributed by atoms with Gasteiger partial charge in [0, 0.05) is 18.7 Å². The third kappa shape index (κ3) is 4.13. The maximum Gasteiger partial charge on any atom is 0.293 e. The highest BCUT2D eigenvalue weighted by atomic mass is 32.2. The van der Waals surface area contributed by atoms with Crippen molar-refractivity contribution in [1.29, 1.82) is 0 Å². The van der Waals surface area contributed by atoms with Gasteiger partial charge in [0.15, 0.2) is 0 Å². The number of benzene rings is 1. The first kappa shape index (κ1) is 15.7. The van der Waals surface area contributed by atoms with E-state index in [1.165, 1.54) is 12.1 Å². The summed E-state index contributed by atoms with van der Waals surface area (Å²) in [6, 6.07) is 3.73. The number of nitrogens with one attached hydrogen (secondary N) is 2. The topological polar surface area (TPSA) is 127 Å². The fraction of sp³-hybridized carbons (Fsp3) is 0.500. The lowest BCUT2D eigenvalue weighted by molar-refractivity contribution is -0.384. The van der Waals surface area contributed by atoms with Crippen molar-refractivity contribution >= 4 is 21.4 Å². The van der Waals surface area contributed by atoms with Gasteiger partial charge < -0.3 is 10.6 Å². The lowest BCUT2D eigenvalue weighted by Gasteiger charge is -2.17. The molecule has 1 fully saturated rings. The standard InChI is InChI=1S/C12H18N4O4S/c13-21(19,20)10-4-5-11(12(7-10)16(17)18)15-9-3-1-2-6-14-8-9/h4-5,7,9,14-15H,1-3,6,8H2,(H2,13,19,20). The maximum atomic E-state index is 11.3. The molecule has 1 unspecified atom stereocenters. The molecular weight excluding hydrogens is 296 g/mol. The Labute approximate surface area is 122 Å². The van der Waals surface area contributed by atoms with E-state index in [0.29, 0.717) is 12.2 Å². The second-order valence-corrected chi connectivity index (χ2v) is 6.58. The molecule has 0 bridgehead atoms. The van der Waals surface area contributed by atoms with Gasteiger partial charge in [0.2, 0.25) is 10.0 Å². The molecule has 1 heterocycles. The minimum Gasteiger partial charge on any atom is -0.375 e. The lowest BCUT2D eigenvalue weighted by Crippen LogP contribution is -2.31. The third-order valence-electron chi connectivity index (χ3n) is 3.40. The molecule has 21 heavy (non-hydrogen) atoms. The number of rotatable bonds is 4. The monoisotopic (exact) mass is 314 g/mol. The summed E-state index contributed by atoms with van der Waals surface area (Å²) < 4.78 is 22.6. The zero-order valence-electron chi connectivity index (χ0n) is 11.4. The Morgan fingerprint density at radius 1 is 1.38 bits per heavy atom. The van der Waals surface area contributed by atoms with E-state index < -0.39 is 14.9 Å². The van der Waals surface area contributed by atoms with Crippen molar-refractivity contribution in [3.8, 4) is 0 Å². The van der Waals surface area contributed by atoms with Crippen molar-refractivity contribution in [2.45, 2.75) is 30.2 Å². The van der Waals surface area contributed by atoms with Crippen LogP contribution in [0.2, 0.25) is 0 Å². The van der Waals surface area contributed by atoms with Gasteiger partial charge in [0.05, 0.1) is 9.82 Å². The molecule has 0 aliphatic carbocycles. The fourth-order valence-corrected chi connectivity index (χ4v) is 2.86. The Morgan fingerprint density at radius 3 is 2.81 bits per heavy atom. The molecule has 4 N–H and O–H groups in total. The predicted octanol–water partition coefficient (Wildman–Crippen LogP) is 0.796. The maximum absolute atomic E-state index is 11.3. The number of hydrogen-bond donors (Lipinski definition) is 3. The Kier molecular flexibility index (Phi) is 4.76. The Hall–Kier alpha value is -1.71. The van der Waals surface area contributed by atoms with Crippen LogP contribution in [0.4, 0.5) is 11.4 Å². The van der Waals surface area contributed by atoms with E-state index in [0.717, 1.165) is 31.9 Å². The van der Waals surface area contributed by atoms with Crippen LogP contribution in [0.15, 0.2) is 23.1 Å². The molecular formula is C12H18N4O4S. The molecule has 0 spiro atoms. The molecule has 0 saturated carbocycles. The van der Waals surface area contributed by atoms with E-state index >= 15 is 0 Å². The van der Waals surface area contributed by atoms with Crippen LogP contribution < -0.4 is 15.8 Å². The molecule has 1 saturated heterocycles. The van der Waals surface area contributed by atoms with Gasteiger partial charge in [-0.2, -0.15) is 0 Å². The average Bonchev–Trinajstić information content (AvgIpc) is 2.66. The predicted molar refractivity (Wildman–Crippen MR) is 78.6 cm³/mol. The van der Waals surface area contributed by atoms with Crippen molar-refractivity contribution in [1.82, 2.24) is 5.32 Å². The highest BCUT2D eigenvalue weighted by Gasteiger charge is 2.21. The van der Waals surface area contributed by atoms with Crippen LogP contribution in [0.3, 0.4) is 0 Å². The molecule has 116 valence electrons. The van der Waals surface area contributed by atoms with E-state index in [4.69, 9.17) is 5.14 Å². The summed E-state index contributed by atoms with van der Waals surface area (Å²) in [5.74, 6) is 0. The summed E-state index contributed by atoms with van der Waals surface area (Å²) in [5.41, 5.74) is 0.0203. The van der Waals surface area contributed by atoms with Gasteiger partial charge in [0.1, 0.15) is 5.69 Å². The van der Waals surface area contributed by atoms with Crippen LogP contribution >= 0.6 is 0 Å². The van der Waals surface area contributed by atoms with Crippen molar-refractivity contribution < 1.29 is 13.3 Å². The first-order valence-corrected chi connectivity index (χ1v) is 8.21. The van der Waals surface area contributed by atoms with Gasteiger partial charge in [-0.3, -0.25) is 10.1 Å². The van der Waals surface area contributed by atoms with Gasteiger partial charge in [-0.25, -0.2) is 13.6 Å². The largest absolute Gasteiger partial charge is 0.375 e. The van der Waals surface area contributed by atoms with Crippen LogP contribution in [0.25, 0.3) is 0 Å². The van der Waals surface area contributed by atoms with Crippen LogP contribution in [0.1, 0.15) is 19.3 Å². The first-order valence-electron chi connectivity index (χ1n) is 6.66. The van der Waals surface area contributed by atoms with Crippen molar-refractivity contribution in [2.24, 2.45) is 5.14 Å². The number of nitrogens with zero attached hydrogens (tertiary/aromatic N) is 1. The summed E-state index contributed by atoms with van der Waals surface area (Å²) in [6.07, 6.45) is 3.01. The number of nitro groups is 1. The molecule has 1 aromatic carbocycles. The molecule has 1 atom stereocenters. The van der Waals surface area contributed by atoms with E-state index in [-0.39, 0.29) is 16.6 Å². The minimum absolute atomic E-state index is 0.0755. The average molecular weight is 314 g/mol. The molecule has 2 rings (SSSR count). The summed E-state index contributed by atoms with van der Waals surface area (Å²) in [4.78, 5) is 10.2. The molecule has 1 aliphatic heterocycles. The Balaban J connectivity index is 2.28. The van der Waals surface area contributed by atoms with E-state index in [1.54, 1.807) is 0 Å². The zero-order chi connectivity index (χ0) is 15.5. The molecule has 0 aromatic heterocycles. The third-order valence-corrected chi connectivity index (χ3v) is 4.31. The molecule has 8 nitrogen and oxygen atoms in total. The second kappa shape index (κ2) is 6.37. The summed E-state index contributed by atoms with van der Waals surface area (Å²) in [6.45, 7) is 1.65. The van der Waals surface area contributed by atoms with Gasteiger partial charge in [0.25, 0.3) is 5.69 Å². The summed E-state index contributed by atoms with van der Waals surface area (Å²) in [7, 11) is -3.96. The highest BCUT2D eigenvalue weighted by Crippen LogP contribution is 2.28. The number of sulfonamides is 1. The van der Waals surface area contributed by atoms with Crippen LogP contribution in [0.5, 0.6) is 0 Å². The quantitative estimate of drug-likeness (QED) is 0.557. The number of hydrogen-bond acceptors (Lipinski definition) is 6. The number of nitrogens with two attached hydrogens (primary N) is 1. The van der Waals surface area contributed by atoms with Crippen LogP contribution in [-0.4, -0.2) is 32.5 Å². The fourth-order valence-electron chi connectivity index (χ4n) is 2.32. The number of anilines is 1. The minimum atomic E-state index is -3.96. The molecule has 1 aliphatic rings. The molecule has 1 aromatic rings. The normalized spacial score (nSPS) is 19.8. The zero-order valence-corrected chi connectivity index (χ0v) is 12.2. The highest BCUT2D eigenvalue weighted by molar-refractivity contribution is 7.89. The smallest absolute Gasteiger partial charge is 0.293 e. The Bertz CT molecular complexity index is 624. The van der Waals surface area contributed by atoms with Crippen molar-refractivity contribution in [2.75, 3.05) is 18.4 Å². The summed E-state index contributed by atoms with van der Waals surface area (Å²) >= 11 is 0. The van der Waals surface area contributed by atoms with E-state index in [9.17, 15) is 18.5 Å². The summed E-state index contributed by atoms with van der Waals surface area (Å²) in [5, 5.41) is 22.5. The Morgan fingerprint density at radius 2 is 2.14 bits per heavy atom. The van der Waals surface area contributed by atoms with Gasteiger partial charge in [-0.1, -0.05) is 6.42 Å². The lowest BCUT2D eigenvalue weighted by atomic mass is 10.1. The number of nitro benzene ring substituents is 1. The van der Waals surface area contributed by atoms with Crippen LogP contribution in [-0.2, 0) is 10.0 Å². The SMILES string of the molecule is NS(=O)(=O)c1ccc(NC2CCCCNC2)c([N+](=O)[O-])c1. The van der Waals surface area contributed by atoms with Gasteiger partial charge in [-0.15, -0.1) is 0 Å². The van der Waals surface area contributed by atoms with E-state index in [1.807, 2.05) is 0 Å². The number of primary sulfonamides is 1. The first-order chi connectivity index (χ1) is 9.88. The molecule has 0 radical (unpaired) electrons.